The van der Waals surface area contributed by atoms with E-state index in [4.69, 9.17) is 0 Å². The van der Waals surface area contributed by atoms with E-state index < -0.39 is 0 Å². The van der Waals surface area contributed by atoms with E-state index >= 15 is 0 Å². The fourth-order valence-corrected chi connectivity index (χ4v) is 7.07. The van der Waals surface area contributed by atoms with Crippen LogP contribution in [0.1, 0.15) is 42.4 Å². The van der Waals surface area contributed by atoms with Crippen molar-refractivity contribution in [2.24, 2.45) is 5.92 Å². The predicted molar refractivity (Wildman–Crippen MR) is 147 cm³/mol. The molecule has 170 valence electrons. The summed E-state index contributed by atoms with van der Waals surface area (Å²) in [5.74, 6) is 0.488. The van der Waals surface area contributed by atoms with Crippen LogP contribution in [0.3, 0.4) is 0 Å². The van der Waals surface area contributed by atoms with Gasteiger partial charge in [-0.1, -0.05) is 128 Å². The molecule has 0 heteroatoms. The van der Waals surface area contributed by atoms with Crippen LogP contribution in [0, 0.1) is 5.92 Å². The van der Waals surface area contributed by atoms with Gasteiger partial charge in [-0.3, -0.25) is 0 Å². The Morgan fingerprint density at radius 1 is 0.571 bits per heavy atom. The van der Waals surface area contributed by atoms with Gasteiger partial charge in [0.2, 0.25) is 0 Å². The van der Waals surface area contributed by atoms with E-state index in [0.29, 0.717) is 5.92 Å². The van der Waals surface area contributed by atoms with E-state index in [0.717, 1.165) is 6.42 Å². The molecule has 0 aromatic heterocycles. The van der Waals surface area contributed by atoms with Gasteiger partial charge in [0.15, 0.2) is 0 Å². The highest BCUT2D eigenvalue weighted by Gasteiger charge is 2.45. The van der Waals surface area contributed by atoms with Gasteiger partial charge >= 0.3 is 0 Å². The zero-order valence-corrected chi connectivity index (χ0v) is 20.1. The highest BCUT2D eigenvalue weighted by atomic mass is 14.5. The molecule has 0 unspecified atom stereocenters. The largest absolute Gasteiger partial charge is 0.0767 e. The normalized spacial score (nSPS) is 17.6. The van der Waals surface area contributed by atoms with Gasteiger partial charge in [-0.25, -0.2) is 0 Å². The summed E-state index contributed by atoms with van der Waals surface area (Å²) in [7, 11) is 0. The molecule has 4 aromatic rings. The molecule has 0 atom stereocenters. The number of hydrogen-bond acceptors (Lipinski definition) is 0. The Balaban J connectivity index is 1.44. The molecule has 0 spiro atoms. The highest BCUT2D eigenvalue weighted by Crippen LogP contribution is 2.55. The second-order valence-corrected chi connectivity index (χ2v) is 10.5. The van der Waals surface area contributed by atoms with Crippen LogP contribution in [0.5, 0.6) is 0 Å². The maximum Gasteiger partial charge on any atom is 0.00598 e. The Bertz CT molecular complexity index is 1440. The SMILES string of the molecule is C1=CC(C2(c3c(-c4ccccc4)ccc4c3Cc3cc(-c5ccccc5)ccc3-4)CCCC2)C=C1. The summed E-state index contributed by atoms with van der Waals surface area (Å²) in [4.78, 5) is 0. The first kappa shape index (κ1) is 20.7. The van der Waals surface area contributed by atoms with E-state index in [1.807, 2.05) is 0 Å². The third-order valence-electron chi connectivity index (χ3n) is 8.65. The van der Waals surface area contributed by atoms with Crippen molar-refractivity contribution in [1.82, 2.24) is 0 Å². The summed E-state index contributed by atoms with van der Waals surface area (Å²) in [5, 5.41) is 0. The van der Waals surface area contributed by atoms with Crippen LogP contribution in [-0.2, 0) is 11.8 Å². The van der Waals surface area contributed by atoms with Crippen molar-refractivity contribution >= 4 is 0 Å². The lowest BCUT2D eigenvalue weighted by Crippen LogP contribution is -2.31. The molecule has 0 N–H and O–H groups in total. The highest BCUT2D eigenvalue weighted by molar-refractivity contribution is 5.86. The van der Waals surface area contributed by atoms with Gasteiger partial charge in [0.1, 0.15) is 0 Å². The molecule has 3 aliphatic rings. The molecule has 1 fully saturated rings. The van der Waals surface area contributed by atoms with E-state index in [-0.39, 0.29) is 5.41 Å². The van der Waals surface area contributed by atoms with Crippen molar-refractivity contribution in [3.05, 3.63) is 132 Å². The molecule has 0 radical (unpaired) electrons. The van der Waals surface area contributed by atoms with Crippen molar-refractivity contribution in [1.29, 1.82) is 0 Å². The number of hydrogen-bond donors (Lipinski definition) is 0. The monoisotopic (exact) mass is 450 g/mol. The molecular formula is C35H30. The number of benzene rings is 4. The zero-order valence-electron chi connectivity index (χ0n) is 20.1. The van der Waals surface area contributed by atoms with E-state index in [2.05, 4.69) is 115 Å². The minimum atomic E-state index is 0.185. The molecule has 0 saturated heterocycles. The fourth-order valence-electron chi connectivity index (χ4n) is 7.07. The van der Waals surface area contributed by atoms with Crippen LogP contribution in [0.25, 0.3) is 33.4 Å². The van der Waals surface area contributed by atoms with Crippen LogP contribution in [0.2, 0.25) is 0 Å². The molecule has 1 saturated carbocycles. The second kappa shape index (κ2) is 8.24. The molecule has 0 amide bonds. The van der Waals surface area contributed by atoms with Gasteiger partial charge in [-0.15, -0.1) is 0 Å². The minimum Gasteiger partial charge on any atom is -0.0767 e. The van der Waals surface area contributed by atoms with Crippen LogP contribution in [0.15, 0.2) is 115 Å². The first-order chi connectivity index (χ1) is 17.3. The average Bonchev–Trinajstić information content (AvgIpc) is 3.69. The van der Waals surface area contributed by atoms with E-state index in [1.165, 1.54) is 64.6 Å². The van der Waals surface area contributed by atoms with Crippen LogP contribution >= 0.6 is 0 Å². The summed E-state index contributed by atoms with van der Waals surface area (Å²) in [6.45, 7) is 0. The van der Waals surface area contributed by atoms with Crippen molar-refractivity contribution < 1.29 is 0 Å². The van der Waals surface area contributed by atoms with Crippen LogP contribution in [0.4, 0.5) is 0 Å². The first-order valence-corrected chi connectivity index (χ1v) is 13.1. The Labute approximate surface area is 208 Å². The average molecular weight is 451 g/mol. The molecule has 0 heterocycles. The summed E-state index contributed by atoms with van der Waals surface area (Å²) < 4.78 is 0. The molecular weight excluding hydrogens is 420 g/mol. The molecule has 35 heavy (non-hydrogen) atoms. The van der Waals surface area contributed by atoms with Gasteiger partial charge in [-0.05, 0) is 69.3 Å². The summed E-state index contributed by atoms with van der Waals surface area (Å²) in [5.41, 5.74) is 13.1. The van der Waals surface area contributed by atoms with Crippen molar-refractivity contribution in [2.75, 3.05) is 0 Å². The summed E-state index contributed by atoms with van der Waals surface area (Å²) in [6, 6.07) is 33.8. The standard InChI is InChI=1S/C35H30/c1-3-11-25(12-4-1)27-17-18-30-28(23-27)24-33-32(30)20-19-31(26-13-5-2-6-14-26)34(33)35(21-9-10-22-35)29-15-7-8-16-29/h1-8,11-20,23,29H,9-10,21-22,24H2. The third-order valence-corrected chi connectivity index (χ3v) is 8.65. The fraction of sp³-hybridized carbons (Fsp3) is 0.200. The maximum atomic E-state index is 2.45. The first-order valence-electron chi connectivity index (χ1n) is 13.1. The van der Waals surface area contributed by atoms with Gasteiger partial charge in [0, 0.05) is 11.3 Å². The van der Waals surface area contributed by atoms with Crippen molar-refractivity contribution in [3.8, 4) is 33.4 Å². The Kier molecular flexibility index (Phi) is 4.87. The van der Waals surface area contributed by atoms with E-state index in [1.54, 1.807) is 11.1 Å². The number of allylic oxidation sites excluding steroid dienone is 4. The minimum absolute atomic E-state index is 0.185. The number of fused-ring (bicyclic) bond motifs is 3. The molecule has 0 bridgehead atoms. The van der Waals surface area contributed by atoms with Crippen molar-refractivity contribution in [2.45, 2.75) is 37.5 Å². The second-order valence-electron chi connectivity index (χ2n) is 10.5. The predicted octanol–water partition coefficient (Wildman–Crippen LogP) is 9.15. The van der Waals surface area contributed by atoms with Gasteiger partial charge < -0.3 is 0 Å². The quantitative estimate of drug-likeness (QED) is 0.256. The smallest absolute Gasteiger partial charge is 0.00598 e. The molecule has 0 aliphatic heterocycles. The van der Waals surface area contributed by atoms with Crippen LogP contribution < -0.4 is 0 Å². The molecule has 3 aliphatic carbocycles. The Morgan fingerprint density at radius 3 is 1.91 bits per heavy atom. The lowest BCUT2D eigenvalue weighted by molar-refractivity contribution is 0.375. The molecule has 0 nitrogen and oxygen atoms in total. The maximum absolute atomic E-state index is 2.45. The lowest BCUT2D eigenvalue weighted by Gasteiger charge is -2.38. The van der Waals surface area contributed by atoms with Crippen LogP contribution in [-0.4, -0.2) is 0 Å². The van der Waals surface area contributed by atoms with E-state index in [9.17, 15) is 0 Å². The lowest BCUT2D eigenvalue weighted by atomic mass is 9.65. The van der Waals surface area contributed by atoms with Gasteiger partial charge in [0.05, 0.1) is 0 Å². The van der Waals surface area contributed by atoms with Gasteiger partial charge in [0.25, 0.3) is 0 Å². The summed E-state index contributed by atoms with van der Waals surface area (Å²) >= 11 is 0. The van der Waals surface area contributed by atoms with Crippen molar-refractivity contribution in [3.63, 3.8) is 0 Å². The Hall–Kier alpha value is -3.64. The molecule has 4 aromatic carbocycles. The zero-order chi connectivity index (χ0) is 23.2. The van der Waals surface area contributed by atoms with Gasteiger partial charge in [-0.2, -0.15) is 0 Å². The molecule has 7 rings (SSSR count). The third kappa shape index (κ3) is 3.27. The number of rotatable bonds is 4. The summed E-state index contributed by atoms with van der Waals surface area (Å²) in [6.07, 6.45) is 15.6. The Morgan fingerprint density at radius 2 is 1.20 bits per heavy atom. The topological polar surface area (TPSA) is 0 Å².